The molecular formula is C27H33N3O4S. The number of pyridine rings is 1. The first-order valence-corrected chi connectivity index (χ1v) is 13.3. The van der Waals surface area contributed by atoms with Crippen LogP contribution in [0.2, 0.25) is 0 Å². The third kappa shape index (κ3) is 5.73. The molecule has 0 amide bonds. The number of aliphatic hydroxyl groups is 1. The van der Waals surface area contributed by atoms with Gasteiger partial charge in [0.15, 0.2) is 0 Å². The molecule has 1 aromatic heterocycles. The third-order valence-corrected chi connectivity index (χ3v) is 8.46. The van der Waals surface area contributed by atoms with Gasteiger partial charge in [-0.2, -0.15) is 4.31 Å². The first kappa shape index (κ1) is 25.3. The van der Waals surface area contributed by atoms with E-state index in [-0.39, 0.29) is 30.1 Å². The van der Waals surface area contributed by atoms with Gasteiger partial charge in [0.1, 0.15) is 16.7 Å². The first-order valence-electron chi connectivity index (χ1n) is 11.9. The molecule has 4 rings (SSSR count). The second-order valence-corrected chi connectivity index (χ2v) is 11.2. The van der Waals surface area contributed by atoms with Gasteiger partial charge in [-0.3, -0.25) is 9.88 Å². The van der Waals surface area contributed by atoms with Crippen LogP contribution in [-0.2, 0) is 16.6 Å². The van der Waals surface area contributed by atoms with E-state index in [9.17, 15) is 13.5 Å². The number of hydrogen-bond acceptors (Lipinski definition) is 6. The smallest absolute Gasteiger partial charge is 0.247 e. The molecule has 3 aromatic rings. The molecule has 0 fully saturated rings. The van der Waals surface area contributed by atoms with Crippen molar-refractivity contribution in [2.75, 3.05) is 26.7 Å². The minimum absolute atomic E-state index is 0.108. The molecule has 0 radical (unpaired) electrons. The molecule has 0 unspecified atom stereocenters. The Morgan fingerprint density at radius 2 is 1.91 bits per heavy atom. The summed E-state index contributed by atoms with van der Waals surface area (Å²) >= 11 is 0. The van der Waals surface area contributed by atoms with E-state index in [1.54, 1.807) is 19.2 Å². The van der Waals surface area contributed by atoms with Crippen molar-refractivity contribution in [2.45, 2.75) is 37.4 Å². The van der Waals surface area contributed by atoms with Gasteiger partial charge in [0, 0.05) is 44.0 Å². The van der Waals surface area contributed by atoms with Gasteiger partial charge < -0.3 is 9.84 Å². The number of ether oxygens (including phenoxy) is 1. The summed E-state index contributed by atoms with van der Waals surface area (Å²) < 4.78 is 35.2. The number of aliphatic hydroxyl groups excluding tert-OH is 1. The van der Waals surface area contributed by atoms with Crippen LogP contribution in [0.1, 0.15) is 19.4 Å². The van der Waals surface area contributed by atoms with Gasteiger partial charge in [-0.25, -0.2) is 8.42 Å². The summed E-state index contributed by atoms with van der Waals surface area (Å²) in [4.78, 5) is 6.49. The lowest BCUT2D eigenvalue weighted by Gasteiger charge is -2.37. The summed E-state index contributed by atoms with van der Waals surface area (Å²) in [7, 11) is -1.84. The SMILES string of the molecule is C[C@@H]1CN([C@@H](C)CO)S(=O)(=O)c2ccc(-c3ccccc3)cc2O[C@@H]1CN(C)Cc1cccnc1. The molecule has 2 aromatic carbocycles. The van der Waals surface area contributed by atoms with Crippen LogP contribution in [0.15, 0.2) is 78.0 Å². The highest BCUT2D eigenvalue weighted by molar-refractivity contribution is 7.89. The van der Waals surface area contributed by atoms with Gasteiger partial charge in [0.25, 0.3) is 0 Å². The van der Waals surface area contributed by atoms with Crippen LogP contribution >= 0.6 is 0 Å². The highest BCUT2D eigenvalue weighted by Gasteiger charge is 2.38. The summed E-state index contributed by atoms with van der Waals surface area (Å²) in [6.45, 7) is 5.04. The van der Waals surface area contributed by atoms with E-state index in [1.165, 1.54) is 4.31 Å². The van der Waals surface area contributed by atoms with E-state index >= 15 is 0 Å². The fraction of sp³-hybridized carbons (Fsp3) is 0.370. The summed E-state index contributed by atoms with van der Waals surface area (Å²) in [5.41, 5.74) is 2.97. The predicted octanol–water partition coefficient (Wildman–Crippen LogP) is 3.65. The Balaban J connectivity index is 1.72. The summed E-state index contributed by atoms with van der Waals surface area (Å²) in [5, 5.41) is 9.83. The monoisotopic (exact) mass is 495 g/mol. The lowest BCUT2D eigenvalue weighted by molar-refractivity contribution is 0.0734. The fourth-order valence-corrected chi connectivity index (χ4v) is 6.25. The quantitative estimate of drug-likeness (QED) is 0.539. The van der Waals surface area contributed by atoms with Gasteiger partial charge in [0.05, 0.1) is 6.61 Å². The van der Waals surface area contributed by atoms with E-state index in [4.69, 9.17) is 4.74 Å². The third-order valence-electron chi connectivity index (χ3n) is 6.44. The lowest BCUT2D eigenvalue weighted by atomic mass is 10.0. The van der Waals surface area contributed by atoms with E-state index in [1.807, 2.05) is 74.8 Å². The zero-order valence-corrected chi connectivity index (χ0v) is 21.2. The molecule has 1 N–H and O–H groups in total. The van der Waals surface area contributed by atoms with E-state index in [0.717, 1.165) is 16.7 Å². The molecule has 1 aliphatic heterocycles. The molecule has 0 saturated carbocycles. The van der Waals surface area contributed by atoms with Crippen molar-refractivity contribution in [2.24, 2.45) is 5.92 Å². The standard InChI is InChI=1S/C27H33N3O4S/c1-20-16-30(21(2)19-31)35(32,33)27-12-11-24(23-9-5-4-6-10-23)14-25(27)34-26(20)18-29(3)17-22-8-7-13-28-15-22/h4-15,20-21,26,31H,16-19H2,1-3H3/t20-,21+,26-/m1/s1. The number of likely N-dealkylation sites (N-methyl/N-ethyl adjacent to an activating group) is 1. The minimum atomic E-state index is -3.86. The Labute approximate surface area is 208 Å². The van der Waals surface area contributed by atoms with Crippen LogP contribution in [0.5, 0.6) is 5.75 Å². The second kappa shape index (κ2) is 10.9. The summed E-state index contributed by atoms with van der Waals surface area (Å²) in [6.07, 6.45) is 3.34. The van der Waals surface area contributed by atoms with Crippen LogP contribution in [0, 0.1) is 5.92 Å². The molecule has 0 saturated heterocycles. The predicted molar refractivity (Wildman–Crippen MR) is 136 cm³/mol. The minimum Gasteiger partial charge on any atom is -0.487 e. The molecule has 2 heterocycles. The molecule has 35 heavy (non-hydrogen) atoms. The number of sulfonamides is 1. The Morgan fingerprint density at radius 1 is 1.14 bits per heavy atom. The van der Waals surface area contributed by atoms with Gasteiger partial charge in [0.2, 0.25) is 10.0 Å². The number of rotatable bonds is 7. The normalized spacial score (nSPS) is 20.9. The van der Waals surface area contributed by atoms with Crippen LogP contribution in [0.3, 0.4) is 0 Å². The molecule has 0 bridgehead atoms. The number of benzene rings is 2. The zero-order valence-electron chi connectivity index (χ0n) is 20.4. The van der Waals surface area contributed by atoms with Crippen LogP contribution in [0.25, 0.3) is 11.1 Å². The molecule has 8 heteroatoms. The average Bonchev–Trinajstić information content (AvgIpc) is 2.86. The maximum Gasteiger partial charge on any atom is 0.247 e. The molecule has 1 aliphatic rings. The van der Waals surface area contributed by atoms with Gasteiger partial charge >= 0.3 is 0 Å². The number of hydrogen-bond donors (Lipinski definition) is 1. The Morgan fingerprint density at radius 3 is 2.60 bits per heavy atom. The Kier molecular flexibility index (Phi) is 7.86. The van der Waals surface area contributed by atoms with Crippen molar-refractivity contribution in [3.8, 4) is 16.9 Å². The average molecular weight is 496 g/mol. The lowest BCUT2D eigenvalue weighted by Crippen LogP contribution is -2.49. The Hall–Kier alpha value is -2.78. The summed E-state index contributed by atoms with van der Waals surface area (Å²) in [5.74, 6) is 0.233. The van der Waals surface area contributed by atoms with Gasteiger partial charge in [-0.15, -0.1) is 0 Å². The van der Waals surface area contributed by atoms with Crippen molar-refractivity contribution in [3.63, 3.8) is 0 Å². The first-order chi connectivity index (χ1) is 16.8. The van der Waals surface area contributed by atoms with Crippen molar-refractivity contribution < 1.29 is 18.3 Å². The summed E-state index contributed by atoms with van der Waals surface area (Å²) in [6, 6.07) is 18.5. The van der Waals surface area contributed by atoms with Crippen molar-refractivity contribution in [3.05, 3.63) is 78.6 Å². The Bertz CT molecular complexity index is 1220. The number of aromatic nitrogens is 1. The number of fused-ring (bicyclic) bond motifs is 1. The van der Waals surface area contributed by atoms with E-state index in [0.29, 0.717) is 18.8 Å². The van der Waals surface area contributed by atoms with Crippen LogP contribution < -0.4 is 4.74 Å². The largest absolute Gasteiger partial charge is 0.487 e. The number of nitrogens with zero attached hydrogens (tertiary/aromatic N) is 3. The van der Waals surface area contributed by atoms with Crippen molar-refractivity contribution in [1.82, 2.24) is 14.2 Å². The van der Waals surface area contributed by atoms with Gasteiger partial charge in [-0.05, 0) is 48.9 Å². The second-order valence-electron chi connectivity index (χ2n) is 9.33. The van der Waals surface area contributed by atoms with E-state index < -0.39 is 16.1 Å². The highest BCUT2D eigenvalue weighted by atomic mass is 32.2. The molecular weight excluding hydrogens is 462 g/mol. The van der Waals surface area contributed by atoms with Crippen molar-refractivity contribution >= 4 is 10.0 Å². The maximum atomic E-state index is 13.7. The van der Waals surface area contributed by atoms with Crippen molar-refractivity contribution in [1.29, 1.82) is 0 Å². The molecule has 0 aliphatic carbocycles. The highest BCUT2D eigenvalue weighted by Crippen LogP contribution is 2.36. The molecule has 0 spiro atoms. The van der Waals surface area contributed by atoms with E-state index in [2.05, 4.69) is 9.88 Å². The van der Waals surface area contributed by atoms with Crippen LogP contribution in [0.4, 0.5) is 0 Å². The van der Waals surface area contributed by atoms with Crippen LogP contribution in [-0.4, -0.2) is 66.6 Å². The molecule has 7 nitrogen and oxygen atoms in total. The fourth-order valence-electron chi connectivity index (χ4n) is 4.43. The van der Waals surface area contributed by atoms with Gasteiger partial charge in [-0.1, -0.05) is 49.4 Å². The maximum absolute atomic E-state index is 13.7. The molecule has 3 atom stereocenters. The molecule has 186 valence electrons. The zero-order chi connectivity index (χ0) is 25.0. The topological polar surface area (TPSA) is 83.0 Å².